The van der Waals surface area contributed by atoms with E-state index in [2.05, 4.69) is 50.1 Å². The lowest BCUT2D eigenvalue weighted by molar-refractivity contribution is 0.625. The van der Waals surface area contributed by atoms with Gasteiger partial charge in [0, 0.05) is 18.7 Å². The van der Waals surface area contributed by atoms with Gasteiger partial charge in [0.2, 0.25) is 0 Å². The summed E-state index contributed by atoms with van der Waals surface area (Å²) in [6.07, 6.45) is 10.6. The first kappa shape index (κ1) is 9.97. The molecule has 0 bridgehead atoms. The largest absolute Gasteiger partial charge is 0.296 e. The van der Waals surface area contributed by atoms with Gasteiger partial charge in [0.15, 0.2) is 0 Å². The van der Waals surface area contributed by atoms with Crippen LogP contribution in [0.3, 0.4) is 0 Å². The molecule has 0 spiro atoms. The van der Waals surface area contributed by atoms with Gasteiger partial charge in [0.25, 0.3) is 0 Å². The summed E-state index contributed by atoms with van der Waals surface area (Å²) in [6.45, 7) is 6.50. The Kier molecular flexibility index (Phi) is 2.86. The fraction of sp³-hybridized carbons (Fsp3) is 0.417. The van der Waals surface area contributed by atoms with Crippen LogP contribution in [0.1, 0.15) is 20.8 Å². The van der Waals surface area contributed by atoms with E-state index < -0.39 is 0 Å². The summed E-state index contributed by atoms with van der Waals surface area (Å²) in [5.74, 6) is 0. The molecule has 0 aliphatic heterocycles. The average Bonchev–Trinajstić information content (AvgIpc) is 2.12. The molecule has 0 aromatic carbocycles. The molecule has 0 fully saturated rings. The molecule has 0 aromatic heterocycles. The fourth-order valence-corrected chi connectivity index (χ4v) is 1.38. The highest BCUT2D eigenvalue weighted by molar-refractivity contribution is 5.84. The Labute approximate surface area is 80.6 Å². The summed E-state index contributed by atoms with van der Waals surface area (Å²) < 4.78 is 0. The van der Waals surface area contributed by atoms with Gasteiger partial charge in [-0.2, -0.15) is 0 Å². The van der Waals surface area contributed by atoms with E-state index >= 15 is 0 Å². The van der Waals surface area contributed by atoms with E-state index in [9.17, 15) is 0 Å². The van der Waals surface area contributed by atoms with Crippen LogP contribution in [0, 0.1) is 5.41 Å². The number of rotatable bonds is 1. The highest BCUT2D eigenvalue weighted by Crippen LogP contribution is 2.26. The fourth-order valence-electron chi connectivity index (χ4n) is 1.38. The van der Waals surface area contributed by atoms with Crippen molar-refractivity contribution in [2.45, 2.75) is 20.8 Å². The quantitative estimate of drug-likeness (QED) is 0.543. The Morgan fingerprint density at radius 1 is 1.38 bits per heavy atom. The summed E-state index contributed by atoms with van der Waals surface area (Å²) in [4.78, 5) is 4.06. The minimum absolute atomic E-state index is 0.130. The molecule has 0 amide bonds. The SMILES string of the molecule is CN=CC1=CC(C)(C)C=CC=C1C. The van der Waals surface area contributed by atoms with Crippen molar-refractivity contribution < 1.29 is 0 Å². The highest BCUT2D eigenvalue weighted by atomic mass is 14.6. The van der Waals surface area contributed by atoms with E-state index in [1.807, 2.05) is 6.21 Å². The third-order valence-electron chi connectivity index (χ3n) is 2.12. The van der Waals surface area contributed by atoms with Crippen molar-refractivity contribution in [1.29, 1.82) is 0 Å². The molecule has 1 heteroatoms. The van der Waals surface area contributed by atoms with Gasteiger partial charge in [0.1, 0.15) is 0 Å². The van der Waals surface area contributed by atoms with Gasteiger partial charge in [-0.15, -0.1) is 0 Å². The van der Waals surface area contributed by atoms with E-state index in [0.29, 0.717) is 0 Å². The average molecular weight is 175 g/mol. The molecule has 1 nitrogen and oxygen atoms in total. The van der Waals surface area contributed by atoms with Crippen molar-refractivity contribution in [3.05, 3.63) is 35.5 Å². The Morgan fingerprint density at radius 3 is 2.69 bits per heavy atom. The maximum atomic E-state index is 4.06. The van der Waals surface area contributed by atoms with E-state index in [4.69, 9.17) is 0 Å². The second kappa shape index (κ2) is 3.73. The van der Waals surface area contributed by atoms with Crippen molar-refractivity contribution in [3.63, 3.8) is 0 Å². The predicted molar refractivity (Wildman–Crippen MR) is 59.2 cm³/mol. The molecular weight excluding hydrogens is 158 g/mol. The first-order valence-electron chi connectivity index (χ1n) is 4.57. The monoisotopic (exact) mass is 175 g/mol. The molecule has 1 aliphatic rings. The number of allylic oxidation sites excluding steroid dienone is 6. The van der Waals surface area contributed by atoms with Crippen LogP contribution in [-0.4, -0.2) is 13.3 Å². The number of hydrogen-bond acceptors (Lipinski definition) is 1. The van der Waals surface area contributed by atoms with E-state index in [1.165, 1.54) is 11.1 Å². The van der Waals surface area contributed by atoms with Gasteiger partial charge in [-0.1, -0.05) is 38.2 Å². The van der Waals surface area contributed by atoms with Gasteiger partial charge in [-0.3, -0.25) is 4.99 Å². The Balaban J connectivity index is 3.09. The molecule has 0 aromatic rings. The van der Waals surface area contributed by atoms with Crippen molar-refractivity contribution >= 4 is 6.21 Å². The summed E-state index contributed by atoms with van der Waals surface area (Å²) in [5.41, 5.74) is 2.62. The number of hydrogen-bond donors (Lipinski definition) is 0. The number of nitrogens with zero attached hydrogens (tertiary/aromatic N) is 1. The lowest BCUT2D eigenvalue weighted by atomic mass is 9.90. The molecule has 0 heterocycles. The van der Waals surface area contributed by atoms with Crippen LogP contribution in [0.4, 0.5) is 0 Å². The molecule has 0 atom stereocenters. The smallest absolute Gasteiger partial charge is 0.0281 e. The summed E-state index contributed by atoms with van der Waals surface area (Å²) in [6, 6.07) is 0. The predicted octanol–water partition coefficient (Wildman–Crippen LogP) is 3.16. The molecule has 70 valence electrons. The second-order valence-electron chi connectivity index (χ2n) is 4.02. The minimum Gasteiger partial charge on any atom is -0.296 e. The van der Waals surface area contributed by atoms with E-state index in [1.54, 1.807) is 7.05 Å². The van der Waals surface area contributed by atoms with Gasteiger partial charge < -0.3 is 0 Å². The van der Waals surface area contributed by atoms with Crippen molar-refractivity contribution in [3.8, 4) is 0 Å². The van der Waals surface area contributed by atoms with Crippen LogP contribution in [0.2, 0.25) is 0 Å². The molecular formula is C12H17N. The van der Waals surface area contributed by atoms with Crippen molar-refractivity contribution in [2.75, 3.05) is 7.05 Å². The van der Waals surface area contributed by atoms with Gasteiger partial charge in [-0.25, -0.2) is 0 Å². The van der Waals surface area contributed by atoms with Crippen LogP contribution < -0.4 is 0 Å². The topological polar surface area (TPSA) is 12.4 Å². The molecule has 0 saturated carbocycles. The summed E-state index contributed by atoms with van der Waals surface area (Å²) in [7, 11) is 1.80. The lowest BCUT2D eigenvalue weighted by Gasteiger charge is -2.14. The van der Waals surface area contributed by atoms with Gasteiger partial charge in [0.05, 0.1) is 0 Å². The third kappa shape index (κ3) is 2.69. The van der Waals surface area contributed by atoms with Crippen molar-refractivity contribution in [2.24, 2.45) is 10.4 Å². The third-order valence-corrected chi connectivity index (χ3v) is 2.12. The summed E-state index contributed by atoms with van der Waals surface area (Å²) in [5, 5.41) is 0. The number of aliphatic imine (C=N–C) groups is 1. The highest BCUT2D eigenvalue weighted by Gasteiger charge is 2.13. The zero-order chi connectivity index (χ0) is 9.90. The van der Waals surface area contributed by atoms with E-state index in [0.717, 1.165) is 0 Å². The Hall–Kier alpha value is -1.11. The normalized spacial score (nSPS) is 21.2. The summed E-state index contributed by atoms with van der Waals surface area (Å²) >= 11 is 0. The Bertz CT molecular complexity index is 301. The van der Waals surface area contributed by atoms with Crippen molar-refractivity contribution in [1.82, 2.24) is 0 Å². The van der Waals surface area contributed by atoms with Gasteiger partial charge >= 0.3 is 0 Å². The van der Waals surface area contributed by atoms with Crippen LogP contribution in [-0.2, 0) is 0 Å². The van der Waals surface area contributed by atoms with Crippen LogP contribution in [0.15, 0.2) is 40.4 Å². The zero-order valence-electron chi connectivity index (χ0n) is 8.83. The maximum Gasteiger partial charge on any atom is 0.0281 e. The van der Waals surface area contributed by atoms with Gasteiger partial charge in [-0.05, 0) is 18.1 Å². The zero-order valence-corrected chi connectivity index (χ0v) is 8.83. The minimum atomic E-state index is 0.130. The molecule has 0 saturated heterocycles. The molecule has 1 rings (SSSR count). The van der Waals surface area contributed by atoms with Crippen LogP contribution >= 0.6 is 0 Å². The molecule has 0 N–H and O–H groups in total. The van der Waals surface area contributed by atoms with Crippen LogP contribution in [0.25, 0.3) is 0 Å². The molecule has 0 unspecified atom stereocenters. The maximum absolute atomic E-state index is 4.06. The first-order chi connectivity index (χ1) is 6.05. The first-order valence-corrected chi connectivity index (χ1v) is 4.57. The lowest BCUT2D eigenvalue weighted by Crippen LogP contribution is -2.03. The van der Waals surface area contributed by atoms with Crippen LogP contribution in [0.5, 0.6) is 0 Å². The van der Waals surface area contributed by atoms with E-state index in [-0.39, 0.29) is 5.41 Å². The Morgan fingerprint density at radius 2 is 2.08 bits per heavy atom. The standard InChI is InChI=1S/C12H17N/c1-10-6-5-7-12(2,3)8-11(10)9-13-4/h5-9H,1-4H3. The molecule has 1 aliphatic carbocycles. The second-order valence-corrected chi connectivity index (χ2v) is 4.02. The molecule has 13 heavy (non-hydrogen) atoms. The molecule has 0 radical (unpaired) electrons.